The Morgan fingerprint density at radius 1 is 1.07 bits per heavy atom. The van der Waals surface area contributed by atoms with Crippen LogP contribution in [0.3, 0.4) is 0 Å². The third-order valence-electron chi connectivity index (χ3n) is 8.53. The number of methoxy groups -OCH3 is 1. The van der Waals surface area contributed by atoms with Crippen LogP contribution in [0.15, 0.2) is 29.2 Å². The molecule has 238 valence electrons. The number of rotatable bonds is 5. The maximum absolute atomic E-state index is 13.9. The Balaban J connectivity index is 1.40. The predicted octanol–water partition coefficient (Wildman–Crippen LogP) is -2.26. The summed E-state index contributed by atoms with van der Waals surface area (Å²) >= 11 is 0. The molecular formula is C28H40N4O10S. The summed E-state index contributed by atoms with van der Waals surface area (Å²) in [5.74, 6) is -0.874. The molecule has 7 atom stereocenters. The molecule has 6 bridgehead atoms. The second kappa shape index (κ2) is 13.1. The molecule has 3 N–H and O–H groups in total. The van der Waals surface area contributed by atoms with Gasteiger partial charge in [0.05, 0.1) is 36.2 Å². The molecule has 1 aromatic carbocycles. The minimum Gasteiger partial charge on any atom is -0.388 e. The number of carbonyl (C=O) groups excluding carboxylic acids is 3. The molecular weight excluding hydrogens is 584 g/mol. The van der Waals surface area contributed by atoms with Crippen LogP contribution in [0.2, 0.25) is 0 Å². The summed E-state index contributed by atoms with van der Waals surface area (Å²) in [5.41, 5.74) is 0.817. The van der Waals surface area contributed by atoms with Gasteiger partial charge in [-0.05, 0) is 24.1 Å². The number of sulfone groups is 1. The molecule has 5 rings (SSSR count). The minimum atomic E-state index is -3.35. The van der Waals surface area contributed by atoms with E-state index in [2.05, 4.69) is 5.32 Å². The lowest BCUT2D eigenvalue weighted by Crippen LogP contribution is -2.55. The van der Waals surface area contributed by atoms with E-state index in [1.165, 1.54) is 24.1 Å². The van der Waals surface area contributed by atoms with Crippen LogP contribution in [0, 0.1) is 0 Å². The molecule has 4 fully saturated rings. The zero-order valence-electron chi connectivity index (χ0n) is 24.3. The van der Waals surface area contributed by atoms with E-state index in [9.17, 15) is 33.0 Å². The van der Waals surface area contributed by atoms with Crippen LogP contribution in [-0.2, 0) is 45.0 Å². The summed E-state index contributed by atoms with van der Waals surface area (Å²) in [5, 5.41) is 24.3. The summed E-state index contributed by atoms with van der Waals surface area (Å²) in [6, 6.07) is 5.60. The van der Waals surface area contributed by atoms with Crippen LogP contribution in [0.25, 0.3) is 0 Å². The number of aliphatic hydroxyl groups excluding tert-OH is 2. The molecule has 4 heterocycles. The Kier molecular flexibility index (Phi) is 9.70. The summed E-state index contributed by atoms with van der Waals surface area (Å²) in [7, 11) is -1.96. The van der Waals surface area contributed by atoms with Crippen molar-refractivity contribution in [3.63, 3.8) is 0 Å². The van der Waals surface area contributed by atoms with Crippen molar-refractivity contribution in [1.82, 2.24) is 20.0 Å². The fourth-order valence-electron chi connectivity index (χ4n) is 6.33. The highest BCUT2D eigenvalue weighted by molar-refractivity contribution is 7.90. The summed E-state index contributed by atoms with van der Waals surface area (Å²) in [4.78, 5) is 45.3. The molecule has 1 aromatic rings. The number of ether oxygens (including phenoxy) is 3. The van der Waals surface area contributed by atoms with Crippen molar-refractivity contribution in [1.29, 1.82) is 0 Å². The molecule has 0 unspecified atom stereocenters. The zero-order chi connectivity index (χ0) is 30.9. The SMILES string of the molecule is COCC(=O)N1C[C@@H]2CN(CCO2)C(=O)[C@@H]2C[C@@H](CN2Cc2ccc(S(C)(=O)=O)cc2)NC(=O)C[C@@H]2O[C@H](C1)[C@@H](O)[C@H]2O. The van der Waals surface area contributed by atoms with E-state index in [1.807, 2.05) is 4.90 Å². The van der Waals surface area contributed by atoms with Crippen LogP contribution in [0.4, 0.5) is 0 Å². The first-order valence-electron chi connectivity index (χ1n) is 14.4. The van der Waals surface area contributed by atoms with Crippen molar-refractivity contribution in [2.24, 2.45) is 0 Å². The highest BCUT2D eigenvalue weighted by Gasteiger charge is 2.46. The Labute approximate surface area is 250 Å². The summed E-state index contributed by atoms with van der Waals surface area (Å²) in [6.45, 7) is 1.46. The van der Waals surface area contributed by atoms with Gasteiger partial charge in [0, 0.05) is 58.7 Å². The molecule has 0 radical (unpaired) electrons. The predicted molar refractivity (Wildman–Crippen MR) is 150 cm³/mol. The smallest absolute Gasteiger partial charge is 0.248 e. The van der Waals surface area contributed by atoms with Gasteiger partial charge in [0.2, 0.25) is 17.7 Å². The van der Waals surface area contributed by atoms with Gasteiger partial charge in [-0.1, -0.05) is 12.1 Å². The number of nitrogens with zero attached hydrogens (tertiary/aromatic N) is 3. The van der Waals surface area contributed by atoms with Gasteiger partial charge in [0.25, 0.3) is 0 Å². The highest BCUT2D eigenvalue weighted by atomic mass is 32.2. The molecule has 0 spiro atoms. The van der Waals surface area contributed by atoms with E-state index >= 15 is 0 Å². The number of nitrogens with one attached hydrogen (secondary N) is 1. The Hall–Kier alpha value is -2.66. The van der Waals surface area contributed by atoms with Gasteiger partial charge >= 0.3 is 0 Å². The van der Waals surface area contributed by atoms with E-state index in [1.54, 1.807) is 17.0 Å². The van der Waals surface area contributed by atoms with Gasteiger partial charge in [-0.2, -0.15) is 0 Å². The number of likely N-dealkylation sites (tertiary alicyclic amines) is 1. The number of hydrogen-bond donors (Lipinski definition) is 3. The Bertz CT molecular complexity index is 1290. The topological polar surface area (TPSA) is 175 Å². The number of hydrogen-bond acceptors (Lipinski definition) is 11. The first-order valence-corrected chi connectivity index (χ1v) is 16.3. The van der Waals surface area contributed by atoms with Gasteiger partial charge < -0.3 is 39.5 Å². The third kappa shape index (κ3) is 7.36. The van der Waals surface area contributed by atoms with E-state index in [-0.39, 0.29) is 62.0 Å². The van der Waals surface area contributed by atoms with Crippen LogP contribution < -0.4 is 5.32 Å². The lowest BCUT2D eigenvalue weighted by molar-refractivity contribution is -0.148. The van der Waals surface area contributed by atoms with Gasteiger partial charge in [-0.15, -0.1) is 0 Å². The van der Waals surface area contributed by atoms with E-state index in [4.69, 9.17) is 14.2 Å². The molecule has 4 aliphatic rings. The molecule has 15 heteroatoms. The number of fused-ring (bicyclic) bond motifs is 6. The molecule has 0 aliphatic carbocycles. The van der Waals surface area contributed by atoms with Crippen LogP contribution in [-0.4, -0.2) is 153 Å². The van der Waals surface area contributed by atoms with Gasteiger partial charge in [0.15, 0.2) is 9.84 Å². The first kappa shape index (κ1) is 31.8. The van der Waals surface area contributed by atoms with Crippen LogP contribution >= 0.6 is 0 Å². The molecule has 14 nitrogen and oxygen atoms in total. The molecule has 0 aromatic heterocycles. The van der Waals surface area contributed by atoms with Gasteiger partial charge in [0.1, 0.15) is 24.9 Å². The Morgan fingerprint density at radius 2 is 1.79 bits per heavy atom. The van der Waals surface area contributed by atoms with Crippen molar-refractivity contribution in [2.75, 3.05) is 59.3 Å². The number of aliphatic hydroxyl groups is 2. The van der Waals surface area contributed by atoms with Gasteiger partial charge in [-0.3, -0.25) is 19.3 Å². The fourth-order valence-corrected chi connectivity index (χ4v) is 6.96. The quantitative estimate of drug-likeness (QED) is 0.323. The zero-order valence-corrected chi connectivity index (χ0v) is 25.1. The normalized spacial score (nSPS) is 32.6. The molecule has 4 saturated heterocycles. The summed E-state index contributed by atoms with van der Waals surface area (Å²) < 4.78 is 40.7. The monoisotopic (exact) mass is 624 g/mol. The van der Waals surface area contributed by atoms with Crippen molar-refractivity contribution in [3.05, 3.63) is 29.8 Å². The molecule has 4 aliphatic heterocycles. The lowest BCUT2D eigenvalue weighted by atomic mass is 10.0. The van der Waals surface area contributed by atoms with Crippen molar-refractivity contribution in [2.45, 2.75) is 66.9 Å². The van der Waals surface area contributed by atoms with Crippen LogP contribution in [0.5, 0.6) is 0 Å². The van der Waals surface area contributed by atoms with Crippen molar-refractivity contribution < 1.29 is 47.2 Å². The minimum absolute atomic E-state index is 0.0521. The van der Waals surface area contributed by atoms with Gasteiger partial charge in [-0.25, -0.2) is 8.42 Å². The number of benzene rings is 1. The van der Waals surface area contributed by atoms with Crippen LogP contribution in [0.1, 0.15) is 18.4 Å². The number of amides is 3. The summed E-state index contributed by atoms with van der Waals surface area (Å²) in [6.07, 6.45) is -3.75. The van der Waals surface area contributed by atoms with Crippen molar-refractivity contribution >= 4 is 27.6 Å². The average Bonchev–Trinajstić information content (AvgIpc) is 3.46. The fraction of sp³-hybridized carbons (Fsp3) is 0.679. The maximum Gasteiger partial charge on any atom is 0.248 e. The maximum atomic E-state index is 13.9. The standard InChI is InChI=1S/C28H40N4O10S/c1-40-16-25(34)32-14-19-13-30(7-8-41-19)28(37)21-9-18(29-24(33)10-22-26(35)27(36)23(15-32)42-22)12-31(21)11-17-3-5-20(6-4-17)43(2,38)39/h3-6,18-19,21-23,26-27,35-36H,7-16H2,1-2H3,(H,29,33)/t18-,19-,21-,22-,23+,26-,27+/m0/s1. The lowest BCUT2D eigenvalue weighted by Gasteiger charge is -2.38. The number of carbonyl (C=O) groups is 3. The number of morpholine rings is 1. The first-order chi connectivity index (χ1) is 20.4. The van der Waals surface area contributed by atoms with E-state index in [0.717, 1.165) is 11.8 Å². The molecule has 3 amide bonds. The Morgan fingerprint density at radius 3 is 2.49 bits per heavy atom. The second-order valence-electron chi connectivity index (χ2n) is 11.8. The third-order valence-corrected chi connectivity index (χ3v) is 9.66. The van der Waals surface area contributed by atoms with Crippen molar-refractivity contribution in [3.8, 4) is 0 Å². The second-order valence-corrected chi connectivity index (χ2v) is 13.8. The average molecular weight is 625 g/mol. The molecule has 43 heavy (non-hydrogen) atoms. The largest absolute Gasteiger partial charge is 0.388 e. The van der Waals surface area contributed by atoms with E-state index in [0.29, 0.717) is 26.1 Å². The molecule has 0 saturated carbocycles. The van der Waals surface area contributed by atoms with E-state index < -0.39 is 52.3 Å². The highest BCUT2D eigenvalue weighted by Crippen LogP contribution is 2.28.